The number of esters is 1. The van der Waals surface area contributed by atoms with Gasteiger partial charge in [0.25, 0.3) is 0 Å². The summed E-state index contributed by atoms with van der Waals surface area (Å²) in [5.41, 5.74) is -0.0530. The SMILES string of the molecule is CCOC(=O)C(C)(/N=N/c1ccc(OCc2ccccc2)c(NC=O)c1)C(C)=O. The first-order valence-corrected chi connectivity index (χ1v) is 9.02. The van der Waals surface area contributed by atoms with Crippen molar-refractivity contribution in [3.8, 4) is 5.75 Å². The third kappa shape index (κ3) is 5.71. The Morgan fingerprint density at radius 1 is 1.17 bits per heavy atom. The summed E-state index contributed by atoms with van der Waals surface area (Å²) in [5.74, 6) is -0.821. The Kier molecular flexibility index (Phi) is 7.59. The summed E-state index contributed by atoms with van der Waals surface area (Å²) in [4.78, 5) is 35.0. The smallest absolute Gasteiger partial charge is 0.343 e. The van der Waals surface area contributed by atoms with Crippen molar-refractivity contribution in [1.82, 2.24) is 0 Å². The van der Waals surface area contributed by atoms with E-state index in [1.165, 1.54) is 19.9 Å². The number of azo groups is 1. The first-order valence-electron chi connectivity index (χ1n) is 9.02. The number of hydrogen-bond acceptors (Lipinski definition) is 7. The lowest BCUT2D eigenvalue weighted by molar-refractivity contribution is -0.152. The van der Waals surface area contributed by atoms with Crippen molar-refractivity contribution < 1.29 is 23.9 Å². The quantitative estimate of drug-likeness (QED) is 0.284. The molecule has 0 aliphatic rings. The number of anilines is 1. The van der Waals surface area contributed by atoms with Gasteiger partial charge in [-0.1, -0.05) is 30.3 Å². The zero-order valence-electron chi connectivity index (χ0n) is 16.5. The molecule has 2 aromatic rings. The van der Waals surface area contributed by atoms with E-state index in [0.29, 0.717) is 30.1 Å². The second-order valence-electron chi connectivity index (χ2n) is 6.27. The number of benzene rings is 2. The number of nitrogens with zero attached hydrogens (tertiary/aromatic N) is 2. The van der Waals surface area contributed by atoms with Crippen molar-refractivity contribution >= 4 is 29.5 Å². The summed E-state index contributed by atoms with van der Waals surface area (Å²) in [5, 5.41) is 10.5. The molecule has 0 bridgehead atoms. The van der Waals surface area contributed by atoms with Crippen LogP contribution in [-0.2, 0) is 25.7 Å². The highest BCUT2D eigenvalue weighted by Gasteiger charge is 2.40. The Hall–Kier alpha value is -3.55. The average Bonchev–Trinajstić information content (AvgIpc) is 2.72. The van der Waals surface area contributed by atoms with Crippen LogP contribution in [0.2, 0.25) is 0 Å². The van der Waals surface area contributed by atoms with Gasteiger partial charge in [-0.15, -0.1) is 0 Å². The van der Waals surface area contributed by atoms with Crippen LogP contribution in [0.15, 0.2) is 58.8 Å². The second kappa shape index (κ2) is 10.1. The maximum absolute atomic E-state index is 12.1. The van der Waals surface area contributed by atoms with E-state index in [0.717, 1.165) is 5.56 Å². The number of carbonyl (C=O) groups is 3. The van der Waals surface area contributed by atoms with Crippen LogP contribution in [0.5, 0.6) is 5.75 Å². The highest BCUT2D eigenvalue weighted by atomic mass is 16.5. The van der Waals surface area contributed by atoms with Gasteiger partial charge in [0, 0.05) is 0 Å². The standard InChI is InChI=1S/C21H23N3O5/c1-4-28-20(27)21(3,15(2)26)24-23-17-10-11-19(18(12-17)22-14-25)29-13-16-8-6-5-7-9-16/h5-12,14H,4,13H2,1-3H3,(H,22,25)/b24-23+. The second-order valence-corrected chi connectivity index (χ2v) is 6.27. The van der Waals surface area contributed by atoms with Crippen molar-refractivity contribution in [2.45, 2.75) is 32.9 Å². The molecule has 1 N–H and O–H groups in total. The molecule has 8 heteroatoms. The Bertz CT molecular complexity index is 898. The molecule has 1 amide bonds. The van der Waals surface area contributed by atoms with Crippen LogP contribution in [-0.4, -0.2) is 30.3 Å². The highest BCUT2D eigenvalue weighted by molar-refractivity contribution is 6.07. The molecule has 0 fully saturated rings. The fraction of sp³-hybridized carbons (Fsp3) is 0.286. The molecule has 2 aromatic carbocycles. The van der Waals surface area contributed by atoms with Gasteiger partial charge in [-0.3, -0.25) is 9.59 Å². The van der Waals surface area contributed by atoms with E-state index in [2.05, 4.69) is 15.5 Å². The molecule has 29 heavy (non-hydrogen) atoms. The average molecular weight is 397 g/mol. The van der Waals surface area contributed by atoms with Crippen LogP contribution >= 0.6 is 0 Å². The number of ketones is 1. The van der Waals surface area contributed by atoms with Crippen molar-refractivity contribution in [3.63, 3.8) is 0 Å². The third-order valence-corrected chi connectivity index (χ3v) is 4.14. The van der Waals surface area contributed by atoms with Gasteiger partial charge in [-0.05, 0) is 44.5 Å². The number of ether oxygens (including phenoxy) is 2. The molecule has 0 radical (unpaired) electrons. The van der Waals surface area contributed by atoms with E-state index < -0.39 is 17.3 Å². The lowest BCUT2D eigenvalue weighted by atomic mass is 9.99. The normalized spacial score (nSPS) is 12.8. The molecule has 0 saturated carbocycles. The zero-order valence-corrected chi connectivity index (χ0v) is 16.5. The van der Waals surface area contributed by atoms with Crippen molar-refractivity contribution in [2.24, 2.45) is 10.2 Å². The van der Waals surface area contributed by atoms with Crippen LogP contribution in [0.4, 0.5) is 11.4 Å². The van der Waals surface area contributed by atoms with E-state index in [4.69, 9.17) is 9.47 Å². The summed E-state index contributed by atoms with van der Waals surface area (Å²) in [6.45, 7) is 4.67. The summed E-state index contributed by atoms with van der Waals surface area (Å²) in [6.07, 6.45) is 0.518. The molecule has 0 heterocycles. The number of amides is 1. The molecule has 0 aliphatic carbocycles. The number of hydrogen-bond donors (Lipinski definition) is 1. The zero-order chi connectivity index (χ0) is 21.3. The summed E-state index contributed by atoms with van der Waals surface area (Å²) >= 11 is 0. The van der Waals surface area contributed by atoms with Crippen molar-refractivity contribution in [1.29, 1.82) is 0 Å². The predicted octanol–water partition coefficient (Wildman–Crippen LogP) is 3.83. The molecule has 0 aromatic heterocycles. The van der Waals surface area contributed by atoms with E-state index in [1.54, 1.807) is 19.1 Å². The number of Topliss-reactive ketones (excluding diaryl/α,β-unsaturated/α-hetero) is 1. The van der Waals surface area contributed by atoms with Gasteiger partial charge >= 0.3 is 5.97 Å². The van der Waals surface area contributed by atoms with Gasteiger partial charge in [0.15, 0.2) is 5.78 Å². The van der Waals surface area contributed by atoms with E-state index in [9.17, 15) is 14.4 Å². The largest absolute Gasteiger partial charge is 0.487 e. The fourth-order valence-corrected chi connectivity index (χ4v) is 2.30. The molecule has 0 spiro atoms. The fourth-order valence-electron chi connectivity index (χ4n) is 2.30. The Morgan fingerprint density at radius 3 is 2.52 bits per heavy atom. The van der Waals surface area contributed by atoms with Crippen LogP contribution in [0, 0.1) is 0 Å². The molecule has 2 rings (SSSR count). The Morgan fingerprint density at radius 2 is 1.90 bits per heavy atom. The first kappa shape index (κ1) is 21.7. The lowest BCUT2D eigenvalue weighted by Gasteiger charge is -2.18. The van der Waals surface area contributed by atoms with Crippen molar-refractivity contribution in [3.05, 3.63) is 54.1 Å². The first-order chi connectivity index (χ1) is 13.9. The summed E-state index contributed by atoms with van der Waals surface area (Å²) < 4.78 is 10.7. The number of rotatable bonds is 10. The van der Waals surface area contributed by atoms with Gasteiger partial charge < -0.3 is 14.8 Å². The summed E-state index contributed by atoms with van der Waals surface area (Å²) in [6, 6.07) is 14.3. The minimum absolute atomic E-state index is 0.123. The van der Waals surface area contributed by atoms with Crippen LogP contribution in [0.1, 0.15) is 26.3 Å². The Labute approximate surface area is 168 Å². The van der Waals surface area contributed by atoms with E-state index in [-0.39, 0.29) is 6.61 Å². The number of carbonyl (C=O) groups excluding carboxylic acids is 3. The number of nitrogens with one attached hydrogen (secondary N) is 1. The van der Waals surface area contributed by atoms with Crippen LogP contribution < -0.4 is 10.1 Å². The van der Waals surface area contributed by atoms with Gasteiger partial charge in [0.2, 0.25) is 11.9 Å². The maximum Gasteiger partial charge on any atom is 0.343 e. The van der Waals surface area contributed by atoms with Crippen LogP contribution in [0.25, 0.3) is 0 Å². The Balaban J connectivity index is 2.23. The molecule has 152 valence electrons. The lowest BCUT2D eigenvalue weighted by Crippen LogP contribution is -2.41. The van der Waals surface area contributed by atoms with E-state index >= 15 is 0 Å². The molecule has 1 atom stereocenters. The van der Waals surface area contributed by atoms with Gasteiger partial charge in [0.05, 0.1) is 18.0 Å². The van der Waals surface area contributed by atoms with Crippen LogP contribution in [0.3, 0.4) is 0 Å². The molecule has 0 saturated heterocycles. The topological polar surface area (TPSA) is 106 Å². The molecular weight excluding hydrogens is 374 g/mol. The molecule has 8 nitrogen and oxygen atoms in total. The molecule has 0 aliphatic heterocycles. The van der Waals surface area contributed by atoms with Gasteiger partial charge in [-0.25, -0.2) is 4.79 Å². The maximum atomic E-state index is 12.1. The van der Waals surface area contributed by atoms with Gasteiger partial charge in [0.1, 0.15) is 12.4 Å². The highest BCUT2D eigenvalue weighted by Crippen LogP contribution is 2.31. The molecular formula is C21H23N3O5. The summed E-state index contributed by atoms with van der Waals surface area (Å²) in [7, 11) is 0. The van der Waals surface area contributed by atoms with E-state index in [1.807, 2.05) is 30.3 Å². The minimum atomic E-state index is -1.74. The predicted molar refractivity (Wildman–Crippen MR) is 107 cm³/mol. The minimum Gasteiger partial charge on any atom is -0.487 e. The monoisotopic (exact) mass is 397 g/mol. The van der Waals surface area contributed by atoms with Crippen molar-refractivity contribution in [2.75, 3.05) is 11.9 Å². The van der Waals surface area contributed by atoms with Gasteiger partial charge in [-0.2, -0.15) is 10.2 Å². The third-order valence-electron chi connectivity index (χ3n) is 4.14. The molecule has 1 unspecified atom stereocenters.